The van der Waals surface area contributed by atoms with Gasteiger partial charge >= 0.3 is 0 Å². The van der Waals surface area contributed by atoms with Crippen LogP contribution in [0.4, 0.5) is 4.39 Å². The summed E-state index contributed by atoms with van der Waals surface area (Å²) in [4.78, 5) is 20.0. The standard InChI is InChI=1S/C22H18FN3O/c1-14-22-19(18-7-2-3-8-20(18)26-22)12-17(25-14)13-24-21(27)10-9-15-5-4-6-16(23)11-15/h2-12,26H,13H2,1H3,(H,24,27)/b10-9+. The van der Waals surface area contributed by atoms with Gasteiger partial charge in [-0.25, -0.2) is 4.39 Å². The van der Waals surface area contributed by atoms with Crippen LogP contribution in [0.1, 0.15) is 17.0 Å². The first kappa shape index (κ1) is 17.0. The van der Waals surface area contributed by atoms with Crippen molar-refractivity contribution in [3.05, 3.63) is 83.4 Å². The lowest BCUT2D eigenvalue weighted by molar-refractivity contribution is -0.116. The molecule has 27 heavy (non-hydrogen) atoms. The number of aromatic nitrogens is 2. The zero-order chi connectivity index (χ0) is 18.8. The molecule has 2 heterocycles. The van der Waals surface area contributed by atoms with Crippen molar-refractivity contribution in [1.29, 1.82) is 0 Å². The number of aromatic amines is 1. The number of fused-ring (bicyclic) bond motifs is 3. The summed E-state index contributed by atoms with van der Waals surface area (Å²) < 4.78 is 13.2. The number of carbonyl (C=O) groups excluding carboxylic acids is 1. The first-order valence-electron chi connectivity index (χ1n) is 8.68. The van der Waals surface area contributed by atoms with Gasteiger partial charge < -0.3 is 10.3 Å². The molecule has 0 fully saturated rings. The second-order valence-electron chi connectivity index (χ2n) is 6.40. The molecule has 0 radical (unpaired) electrons. The monoisotopic (exact) mass is 359 g/mol. The van der Waals surface area contributed by atoms with E-state index in [-0.39, 0.29) is 11.7 Å². The highest BCUT2D eigenvalue weighted by molar-refractivity contribution is 6.07. The number of hydrogen-bond donors (Lipinski definition) is 2. The van der Waals surface area contributed by atoms with E-state index in [1.165, 1.54) is 18.2 Å². The van der Waals surface area contributed by atoms with Gasteiger partial charge in [-0.3, -0.25) is 9.78 Å². The van der Waals surface area contributed by atoms with Crippen LogP contribution in [0.2, 0.25) is 0 Å². The maximum absolute atomic E-state index is 13.2. The predicted molar refractivity (Wildman–Crippen MR) is 106 cm³/mol. The highest BCUT2D eigenvalue weighted by atomic mass is 19.1. The molecule has 2 aromatic heterocycles. The smallest absolute Gasteiger partial charge is 0.244 e. The topological polar surface area (TPSA) is 57.8 Å². The van der Waals surface area contributed by atoms with Crippen LogP contribution in [-0.2, 0) is 11.3 Å². The van der Waals surface area contributed by atoms with E-state index in [0.717, 1.165) is 33.2 Å². The number of halogens is 1. The van der Waals surface area contributed by atoms with Crippen molar-refractivity contribution in [3.8, 4) is 0 Å². The summed E-state index contributed by atoms with van der Waals surface area (Å²) in [6.45, 7) is 2.27. The fourth-order valence-electron chi connectivity index (χ4n) is 3.18. The molecule has 0 aliphatic heterocycles. The van der Waals surface area contributed by atoms with Gasteiger partial charge in [0.15, 0.2) is 0 Å². The molecule has 0 spiro atoms. The Balaban J connectivity index is 1.51. The van der Waals surface area contributed by atoms with Gasteiger partial charge in [-0.05, 0) is 42.8 Å². The molecule has 134 valence electrons. The molecule has 0 saturated heterocycles. The molecule has 0 aliphatic carbocycles. The van der Waals surface area contributed by atoms with E-state index >= 15 is 0 Å². The molecule has 0 atom stereocenters. The number of H-pyrrole nitrogens is 1. The summed E-state index contributed by atoms with van der Waals surface area (Å²) in [6, 6.07) is 16.2. The predicted octanol–water partition coefficient (Wildman–Crippen LogP) is 4.49. The number of nitrogens with one attached hydrogen (secondary N) is 2. The Hall–Kier alpha value is -3.47. The normalized spacial score (nSPS) is 11.5. The van der Waals surface area contributed by atoms with Crippen LogP contribution < -0.4 is 5.32 Å². The Labute approximate surface area is 155 Å². The molecule has 4 aromatic rings. The van der Waals surface area contributed by atoms with Gasteiger partial charge in [-0.15, -0.1) is 0 Å². The number of hydrogen-bond acceptors (Lipinski definition) is 2. The molecule has 0 aliphatic rings. The van der Waals surface area contributed by atoms with E-state index in [2.05, 4.69) is 21.4 Å². The van der Waals surface area contributed by atoms with E-state index in [4.69, 9.17) is 0 Å². The fraction of sp³-hybridized carbons (Fsp3) is 0.0909. The van der Waals surface area contributed by atoms with Crippen LogP contribution in [0.3, 0.4) is 0 Å². The van der Waals surface area contributed by atoms with Gasteiger partial charge in [0.2, 0.25) is 5.91 Å². The largest absolute Gasteiger partial charge is 0.353 e. The van der Waals surface area contributed by atoms with Crippen molar-refractivity contribution in [2.75, 3.05) is 0 Å². The number of aryl methyl sites for hydroxylation is 1. The summed E-state index contributed by atoms with van der Waals surface area (Å²) in [6.07, 6.45) is 2.98. The van der Waals surface area contributed by atoms with Crippen molar-refractivity contribution in [1.82, 2.24) is 15.3 Å². The molecule has 0 saturated carbocycles. The third-order valence-electron chi connectivity index (χ3n) is 4.45. The summed E-state index contributed by atoms with van der Waals surface area (Å²) >= 11 is 0. The molecule has 2 N–H and O–H groups in total. The number of nitrogens with zero attached hydrogens (tertiary/aromatic N) is 1. The van der Waals surface area contributed by atoms with Gasteiger partial charge in [0, 0.05) is 22.4 Å². The van der Waals surface area contributed by atoms with Crippen LogP contribution in [0.5, 0.6) is 0 Å². The van der Waals surface area contributed by atoms with Crippen LogP contribution in [-0.4, -0.2) is 15.9 Å². The molecule has 1 amide bonds. The van der Waals surface area contributed by atoms with Gasteiger partial charge in [-0.1, -0.05) is 30.3 Å². The first-order chi connectivity index (χ1) is 13.1. The Morgan fingerprint density at radius 3 is 2.85 bits per heavy atom. The average molecular weight is 359 g/mol. The minimum atomic E-state index is -0.329. The van der Waals surface area contributed by atoms with Crippen molar-refractivity contribution in [3.63, 3.8) is 0 Å². The van der Waals surface area contributed by atoms with Crippen LogP contribution in [0.15, 0.2) is 60.7 Å². The van der Waals surface area contributed by atoms with E-state index < -0.39 is 0 Å². The van der Waals surface area contributed by atoms with E-state index in [1.54, 1.807) is 18.2 Å². The maximum Gasteiger partial charge on any atom is 0.244 e. The second kappa shape index (κ2) is 7.03. The molecule has 2 aromatic carbocycles. The quantitative estimate of drug-likeness (QED) is 0.527. The summed E-state index contributed by atoms with van der Waals surface area (Å²) in [5.41, 5.74) is 4.40. The number of rotatable bonds is 4. The van der Waals surface area contributed by atoms with Gasteiger partial charge in [-0.2, -0.15) is 0 Å². The first-order valence-corrected chi connectivity index (χ1v) is 8.68. The third-order valence-corrected chi connectivity index (χ3v) is 4.45. The van der Waals surface area contributed by atoms with Gasteiger partial charge in [0.1, 0.15) is 5.82 Å². The highest BCUT2D eigenvalue weighted by Crippen LogP contribution is 2.27. The highest BCUT2D eigenvalue weighted by Gasteiger charge is 2.09. The Morgan fingerprint density at radius 2 is 2.00 bits per heavy atom. The van der Waals surface area contributed by atoms with Crippen LogP contribution in [0, 0.1) is 12.7 Å². The Morgan fingerprint density at radius 1 is 1.15 bits per heavy atom. The van der Waals surface area contributed by atoms with E-state index in [9.17, 15) is 9.18 Å². The third kappa shape index (κ3) is 3.58. The van der Waals surface area contributed by atoms with Crippen molar-refractivity contribution in [2.45, 2.75) is 13.5 Å². The molecule has 4 rings (SSSR count). The second-order valence-corrected chi connectivity index (χ2v) is 6.40. The number of carbonyl (C=O) groups is 1. The zero-order valence-electron chi connectivity index (χ0n) is 14.8. The fourth-order valence-corrected chi connectivity index (χ4v) is 3.18. The Bertz CT molecular complexity index is 1180. The van der Waals surface area contributed by atoms with E-state index in [0.29, 0.717) is 12.1 Å². The van der Waals surface area contributed by atoms with Crippen molar-refractivity contribution < 1.29 is 9.18 Å². The summed E-state index contributed by atoms with van der Waals surface area (Å²) in [5.74, 6) is -0.581. The van der Waals surface area contributed by atoms with E-state index in [1.807, 2.05) is 31.2 Å². The van der Waals surface area contributed by atoms with Crippen LogP contribution in [0.25, 0.3) is 27.9 Å². The Kier molecular flexibility index (Phi) is 4.42. The average Bonchev–Trinajstić information content (AvgIpc) is 3.04. The lowest BCUT2D eigenvalue weighted by atomic mass is 10.1. The van der Waals surface area contributed by atoms with Crippen LogP contribution >= 0.6 is 0 Å². The summed E-state index contributed by atoms with van der Waals surface area (Å²) in [7, 11) is 0. The maximum atomic E-state index is 13.2. The number of para-hydroxylation sites is 1. The van der Waals surface area contributed by atoms with Gasteiger partial charge in [0.05, 0.1) is 23.4 Å². The molecule has 0 bridgehead atoms. The molecular formula is C22H18FN3O. The number of pyridine rings is 1. The molecule has 4 nitrogen and oxygen atoms in total. The SMILES string of the molecule is Cc1nc(CNC(=O)/C=C/c2cccc(F)c2)cc2c1[nH]c1ccccc12. The lowest BCUT2D eigenvalue weighted by Gasteiger charge is -2.05. The van der Waals surface area contributed by atoms with Crippen molar-refractivity contribution >= 4 is 33.8 Å². The summed E-state index contributed by atoms with van der Waals surface area (Å²) in [5, 5.41) is 5.05. The molecule has 0 unspecified atom stereocenters. The van der Waals surface area contributed by atoms with Gasteiger partial charge in [0.25, 0.3) is 0 Å². The minimum absolute atomic E-state index is 0.252. The number of amides is 1. The van der Waals surface area contributed by atoms with Crippen molar-refractivity contribution in [2.24, 2.45) is 0 Å². The molecular weight excluding hydrogens is 341 g/mol. The minimum Gasteiger partial charge on any atom is -0.353 e. The lowest BCUT2D eigenvalue weighted by Crippen LogP contribution is -2.21. The zero-order valence-corrected chi connectivity index (χ0v) is 14.8. The number of benzene rings is 2. The molecule has 5 heteroatoms.